The minimum Gasteiger partial charge on any atom is -0.492 e. The molecule has 0 N–H and O–H groups in total. The lowest BCUT2D eigenvalue weighted by Crippen LogP contribution is -2.48. The number of ether oxygens (including phenoxy) is 1. The Balaban J connectivity index is 1.81. The molecule has 1 aliphatic rings. The summed E-state index contributed by atoms with van der Waals surface area (Å²) in [6.45, 7) is 3.97. The molecule has 0 saturated carbocycles. The topological polar surface area (TPSA) is 49.9 Å². The standard InChI is InChI=1S/C18H19BrCl2N2O3S/c1-2-26-17-6-3-13(19)11-18(17)27(24,25)23-9-7-22(8-10-23)16-12-14(20)4-5-15(16)21/h3-6,11-12H,2,7-10H2,1H3. The highest BCUT2D eigenvalue weighted by molar-refractivity contribution is 9.10. The minimum absolute atomic E-state index is 0.174. The first-order chi connectivity index (χ1) is 12.8. The fraction of sp³-hybridized carbons (Fsp3) is 0.333. The lowest BCUT2D eigenvalue weighted by atomic mass is 10.2. The molecule has 146 valence electrons. The van der Waals surface area contributed by atoms with Gasteiger partial charge in [0.05, 0.1) is 17.3 Å². The molecule has 27 heavy (non-hydrogen) atoms. The van der Waals surface area contributed by atoms with Crippen LogP contribution in [0.3, 0.4) is 0 Å². The van der Waals surface area contributed by atoms with Crippen molar-refractivity contribution in [3.05, 3.63) is 50.9 Å². The number of nitrogens with zero attached hydrogens (tertiary/aromatic N) is 2. The molecule has 1 saturated heterocycles. The maximum absolute atomic E-state index is 13.2. The van der Waals surface area contributed by atoms with E-state index in [2.05, 4.69) is 15.9 Å². The van der Waals surface area contributed by atoms with Crippen LogP contribution in [0.1, 0.15) is 6.92 Å². The molecule has 2 aromatic carbocycles. The Labute approximate surface area is 178 Å². The van der Waals surface area contributed by atoms with Gasteiger partial charge in [0.15, 0.2) is 0 Å². The molecule has 0 spiro atoms. The number of hydrogen-bond acceptors (Lipinski definition) is 4. The summed E-state index contributed by atoms with van der Waals surface area (Å²) in [6.07, 6.45) is 0. The van der Waals surface area contributed by atoms with E-state index in [9.17, 15) is 8.42 Å². The molecule has 0 aromatic heterocycles. The summed E-state index contributed by atoms with van der Waals surface area (Å²) < 4.78 is 34.0. The second-order valence-electron chi connectivity index (χ2n) is 6.01. The monoisotopic (exact) mass is 492 g/mol. The Bertz CT molecular complexity index is 932. The summed E-state index contributed by atoms with van der Waals surface area (Å²) in [5.74, 6) is 0.362. The lowest BCUT2D eigenvalue weighted by molar-refractivity contribution is 0.327. The second-order valence-corrected chi connectivity index (χ2v) is 9.68. The highest BCUT2D eigenvalue weighted by Crippen LogP contribution is 2.33. The first-order valence-corrected chi connectivity index (χ1v) is 11.4. The van der Waals surface area contributed by atoms with E-state index >= 15 is 0 Å². The van der Waals surface area contributed by atoms with Crippen molar-refractivity contribution in [2.75, 3.05) is 37.7 Å². The number of halogens is 3. The van der Waals surface area contributed by atoms with Crippen LogP contribution in [0.5, 0.6) is 5.75 Å². The molecule has 3 rings (SSSR count). The summed E-state index contributed by atoms with van der Waals surface area (Å²) in [7, 11) is -3.67. The fourth-order valence-electron chi connectivity index (χ4n) is 2.99. The molecule has 1 fully saturated rings. The van der Waals surface area contributed by atoms with Crippen LogP contribution in [-0.2, 0) is 10.0 Å². The largest absolute Gasteiger partial charge is 0.492 e. The Morgan fingerprint density at radius 3 is 2.44 bits per heavy atom. The van der Waals surface area contributed by atoms with E-state index in [0.29, 0.717) is 53.1 Å². The van der Waals surface area contributed by atoms with Gasteiger partial charge in [0.1, 0.15) is 10.6 Å². The van der Waals surface area contributed by atoms with Crippen LogP contribution in [0.25, 0.3) is 0 Å². The first-order valence-electron chi connectivity index (χ1n) is 8.45. The van der Waals surface area contributed by atoms with Crippen LogP contribution in [0.4, 0.5) is 5.69 Å². The molecular weight excluding hydrogens is 475 g/mol. The van der Waals surface area contributed by atoms with Gasteiger partial charge in [-0.1, -0.05) is 39.1 Å². The van der Waals surface area contributed by atoms with Gasteiger partial charge in [0, 0.05) is 35.7 Å². The van der Waals surface area contributed by atoms with Crippen molar-refractivity contribution in [3.8, 4) is 5.75 Å². The Morgan fingerprint density at radius 1 is 1.07 bits per heavy atom. The van der Waals surface area contributed by atoms with E-state index in [4.69, 9.17) is 27.9 Å². The maximum atomic E-state index is 13.2. The van der Waals surface area contributed by atoms with Crippen LogP contribution >= 0.6 is 39.1 Å². The molecular formula is C18H19BrCl2N2O3S. The first kappa shape index (κ1) is 20.7. The Morgan fingerprint density at radius 2 is 1.78 bits per heavy atom. The number of hydrogen-bond donors (Lipinski definition) is 0. The number of anilines is 1. The molecule has 9 heteroatoms. The second kappa shape index (κ2) is 8.57. The SMILES string of the molecule is CCOc1ccc(Br)cc1S(=O)(=O)N1CCN(c2cc(Cl)ccc2Cl)CC1. The number of benzene rings is 2. The van der Waals surface area contributed by atoms with Crippen LogP contribution in [-0.4, -0.2) is 45.5 Å². The van der Waals surface area contributed by atoms with Gasteiger partial charge >= 0.3 is 0 Å². The third-order valence-electron chi connectivity index (χ3n) is 4.31. The van der Waals surface area contributed by atoms with Crippen molar-refractivity contribution < 1.29 is 13.2 Å². The average Bonchev–Trinajstić information content (AvgIpc) is 2.65. The van der Waals surface area contributed by atoms with Gasteiger partial charge in [-0.3, -0.25) is 0 Å². The van der Waals surface area contributed by atoms with Gasteiger partial charge < -0.3 is 9.64 Å². The van der Waals surface area contributed by atoms with Crippen LogP contribution < -0.4 is 9.64 Å². The summed E-state index contributed by atoms with van der Waals surface area (Å²) in [5, 5.41) is 1.20. The average molecular weight is 494 g/mol. The third-order valence-corrected chi connectivity index (χ3v) is 7.28. The van der Waals surface area contributed by atoms with Gasteiger partial charge in [-0.2, -0.15) is 4.31 Å². The summed E-state index contributed by atoms with van der Waals surface area (Å²) >= 11 is 15.7. The van der Waals surface area contributed by atoms with Gasteiger partial charge in [-0.15, -0.1) is 0 Å². The number of rotatable bonds is 5. The van der Waals surface area contributed by atoms with Crippen molar-refractivity contribution in [3.63, 3.8) is 0 Å². The molecule has 0 aliphatic carbocycles. The molecule has 5 nitrogen and oxygen atoms in total. The van der Waals surface area contributed by atoms with Gasteiger partial charge in [0.2, 0.25) is 10.0 Å². The smallest absolute Gasteiger partial charge is 0.246 e. The summed E-state index contributed by atoms with van der Waals surface area (Å²) in [6, 6.07) is 10.3. The van der Waals surface area contributed by atoms with Crippen molar-refractivity contribution >= 4 is 54.8 Å². The van der Waals surface area contributed by atoms with Crippen molar-refractivity contribution in [2.24, 2.45) is 0 Å². The molecule has 2 aromatic rings. The number of sulfonamides is 1. The maximum Gasteiger partial charge on any atom is 0.246 e. The van der Waals surface area contributed by atoms with E-state index in [-0.39, 0.29) is 4.90 Å². The van der Waals surface area contributed by atoms with Crippen molar-refractivity contribution in [2.45, 2.75) is 11.8 Å². The molecule has 1 heterocycles. The van der Waals surface area contributed by atoms with Crippen LogP contribution in [0, 0.1) is 0 Å². The van der Waals surface area contributed by atoms with E-state index in [1.54, 1.807) is 36.4 Å². The molecule has 1 aliphatic heterocycles. The lowest BCUT2D eigenvalue weighted by Gasteiger charge is -2.36. The van der Waals surface area contributed by atoms with Crippen molar-refractivity contribution in [1.82, 2.24) is 4.31 Å². The highest BCUT2D eigenvalue weighted by Gasteiger charge is 2.31. The zero-order valence-electron chi connectivity index (χ0n) is 14.7. The van der Waals surface area contributed by atoms with Gasteiger partial charge in [0.25, 0.3) is 0 Å². The van der Waals surface area contributed by atoms with E-state index in [1.807, 2.05) is 11.8 Å². The minimum atomic E-state index is -3.67. The summed E-state index contributed by atoms with van der Waals surface area (Å²) in [5.41, 5.74) is 0.818. The third kappa shape index (κ3) is 4.54. The zero-order valence-corrected chi connectivity index (χ0v) is 18.6. The molecule has 0 radical (unpaired) electrons. The fourth-order valence-corrected chi connectivity index (χ4v) is 5.49. The highest BCUT2D eigenvalue weighted by atomic mass is 79.9. The molecule has 0 atom stereocenters. The molecule has 0 bridgehead atoms. The molecule has 0 amide bonds. The predicted molar refractivity (Wildman–Crippen MR) is 113 cm³/mol. The van der Waals surface area contributed by atoms with Gasteiger partial charge in [-0.05, 0) is 43.3 Å². The quantitative estimate of drug-likeness (QED) is 0.607. The van der Waals surface area contributed by atoms with E-state index in [1.165, 1.54) is 4.31 Å². The normalized spacial score (nSPS) is 15.8. The number of piperazine rings is 1. The Kier molecular flexibility index (Phi) is 6.58. The van der Waals surface area contributed by atoms with Crippen LogP contribution in [0.2, 0.25) is 10.0 Å². The van der Waals surface area contributed by atoms with Crippen molar-refractivity contribution in [1.29, 1.82) is 0 Å². The predicted octanol–water partition coefficient (Wildman–Crippen LogP) is 4.67. The van der Waals surface area contributed by atoms with Gasteiger partial charge in [-0.25, -0.2) is 8.42 Å². The van der Waals surface area contributed by atoms with E-state index < -0.39 is 10.0 Å². The molecule has 0 unspecified atom stereocenters. The summed E-state index contributed by atoms with van der Waals surface area (Å²) in [4.78, 5) is 2.22. The zero-order chi connectivity index (χ0) is 19.6. The van der Waals surface area contributed by atoms with E-state index in [0.717, 1.165) is 5.69 Å². The Hall–Kier alpha value is -0.990. The van der Waals surface area contributed by atoms with Crippen LogP contribution in [0.15, 0.2) is 45.8 Å².